The molecule has 5 heteroatoms. The van der Waals surface area contributed by atoms with Crippen LogP contribution in [0.5, 0.6) is 11.5 Å². The van der Waals surface area contributed by atoms with Crippen molar-refractivity contribution in [2.45, 2.75) is 0 Å². The Morgan fingerprint density at radius 3 is 2.25 bits per heavy atom. The molecule has 0 aliphatic heterocycles. The normalized spacial score (nSPS) is 9.85. The highest BCUT2D eigenvalue weighted by Crippen LogP contribution is 2.28. The zero-order valence-corrected chi connectivity index (χ0v) is 10.7. The van der Waals surface area contributed by atoms with Gasteiger partial charge in [0.1, 0.15) is 0 Å². The van der Waals surface area contributed by atoms with Crippen LogP contribution < -0.4 is 9.47 Å². The molecule has 20 heavy (non-hydrogen) atoms. The predicted octanol–water partition coefficient (Wildman–Crippen LogP) is 2.61. The van der Waals surface area contributed by atoms with Gasteiger partial charge < -0.3 is 14.6 Å². The molecule has 0 radical (unpaired) electrons. The van der Waals surface area contributed by atoms with Crippen molar-refractivity contribution in [3.05, 3.63) is 59.7 Å². The molecule has 0 aromatic heterocycles. The number of hydrogen-bond acceptors (Lipinski definition) is 4. The largest absolute Gasteiger partial charge is 0.493 e. The van der Waals surface area contributed by atoms with Gasteiger partial charge in [-0.3, -0.25) is 0 Å². The molecule has 0 saturated heterocycles. The maximum Gasteiger partial charge on any atom is 0.343 e. The molecule has 0 bridgehead atoms. The zero-order chi connectivity index (χ0) is 14.5. The van der Waals surface area contributed by atoms with Gasteiger partial charge in [0.2, 0.25) is 0 Å². The number of hydrogen-bond donors (Lipinski definition) is 1. The molecule has 0 atom stereocenters. The fourth-order valence-corrected chi connectivity index (χ4v) is 1.62. The number of benzene rings is 2. The summed E-state index contributed by atoms with van der Waals surface area (Å²) >= 11 is 0. The van der Waals surface area contributed by atoms with E-state index < -0.39 is 11.9 Å². The lowest BCUT2D eigenvalue weighted by Gasteiger charge is -2.09. The van der Waals surface area contributed by atoms with Crippen LogP contribution in [0, 0.1) is 0 Å². The zero-order valence-electron chi connectivity index (χ0n) is 10.7. The van der Waals surface area contributed by atoms with Gasteiger partial charge >= 0.3 is 11.9 Å². The molecule has 0 amide bonds. The number of methoxy groups -OCH3 is 1. The Labute approximate surface area is 115 Å². The number of ether oxygens (including phenoxy) is 2. The molecule has 2 aromatic rings. The van der Waals surface area contributed by atoms with Crippen LogP contribution in [-0.2, 0) is 0 Å². The molecule has 1 N–H and O–H groups in total. The maximum absolute atomic E-state index is 11.9. The van der Waals surface area contributed by atoms with Gasteiger partial charge in [0.05, 0.1) is 18.2 Å². The van der Waals surface area contributed by atoms with Crippen LogP contribution in [0.25, 0.3) is 0 Å². The van der Waals surface area contributed by atoms with Gasteiger partial charge in [-0.2, -0.15) is 0 Å². The first kappa shape index (κ1) is 13.6. The summed E-state index contributed by atoms with van der Waals surface area (Å²) in [4.78, 5) is 22.9. The molecule has 0 unspecified atom stereocenters. The summed E-state index contributed by atoms with van der Waals surface area (Å²) in [5, 5.41) is 8.94. The van der Waals surface area contributed by atoms with Crippen LogP contribution in [0.15, 0.2) is 48.5 Å². The standard InChI is InChI=1S/C15H12O5/c1-19-12-8-7-11(14(16)17)9-13(12)20-15(18)10-5-3-2-4-6-10/h2-9H,1H3,(H,16,17). The first-order valence-electron chi connectivity index (χ1n) is 5.80. The summed E-state index contributed by atoms with van der Waals surface area (Å²) in [6.07, 6.45) is 0. The summed E-state index contributed by atoms with van der Waals surface area (Å²) in [5.74, 6) is -1.32. The second kappa shape index (κ2) is 5.88. The topological polar surface area (TPSA) is 72.8 Å². The maximum atomic E-state index is 11.9. The third-order valence-corrected chi connectivity index (χ3v) is 2.62. The Bertz CT molecular complexity index is 634. The predicted molar refractivity (Wildman–Crippen MR) is 71.4 cm³/mol. The number of carboxylic acid groups (broad SMARTS) is 1. The first-order valence-corrected chi connectivity index (χ1v) is 5.80. The number of aromatic carboxylic acids is 1. The van der Waals surface area contributed by atoms with E-state index in [-0.39, 0.29) is 11.3 Å². The summed E-state index contributed by atoms with van der Waals surface area (Å²) < 4.78 is 10.2. The molecule has 0 saturated carbocycles. The smallest absolute Gasteiger partial charge is 0.343 e. The van der Waals surface area contributed by atoms with Gasteiger partial charge in [-0.05, 0) is 30.3 Å². The second-order valence-electron chi connectivity index (χ2n) is 3.93. The van der Waals surface area contributed by atoms with Gasteiger partial charge in [-0.15, -0.1) is 0 Å². The summed E-state index contributed by atoms with van der Waals surface area (Å²) in [5.41, 5.74) is 0.386. The Morgan fingerprint density at radius 2 is 1.65 bits per heavy atom. The minimum Gasteiger partial charge on any atom is -0.493 e. The van der Waals surface area contributed by atoms with Crippen molar-refractivity contribution < 1.29 is 24.2 Å². The molecule has 2 rings (SSSR count). The van der Waals surface area contributed by atoms with E-state index >= 15 is 0 Å². The van der Waals surface area contributed by atoms with E-state index in [1.54, 1.807) is 30.3 Å². The number of carbonyl (C=O) groups excluding carboxylic acids is 1. The first-order chi connectivity index (χ1) is 9.61. The quantitative estimate of drug-likeness (QED) is 0.684. The highest BCUT2D eigenvalue weighted by molar-refractivity contribution is 5.92. The average molecular weight is 272 g/mol. The van der Waals surface area contributed by atoms with E-state index in [2.05, 4.69) is 0 Å². The molecule has 0 fully saturated rings. The van der Waals surface area contributed by atoms with E-state index in [1.165, 1.54) is 25.3 Å². The molecule has 0 spiro atoms. The Morgan fingerprint density at radius 1 is 0.950 bits per heavy atom. The van der Waals surface area contributed by atoms with Crippen LogP contribution >= 0.6 is 0 Å². The lowest BCUT2D eigenvalue weighted by Crippen LogP contribution is -2.09. The van der Waals surface area contributed by atoms with Crippen LogP contribution in [0.3, 0.4) is 0 Å². The van der Waals surface area contributed by atoms with E-state index in [1.807, 2.05) is 0 Å². The van der Waals surface area contributed by atoms with Crippen LogP contribution in [-0.4, -0.2) is 24.2 Å². The summed E-state index contributed by atoms with van der Waals surface area (Å²) in [6.45, 7) is 0. The third-order valence-electron chi connectivity index (χ3n) is 2.62. The van der Waals surface area contributed by atoms with Crippen molar-refractivity contribution in [2.75, 3.05) is 7.11 Å². The van der Waals surface area contributed by atoms with Crippen LogP contribution in [0.4, 0.5) is 0 Å². The molecule has 0 aliphatic carbocycles. The van der Waals surface area contributed by atoms with Gasteiger partial charge in [-0.25, -0.2) is 9.59 Å². The molecule has 2 aromatic carbocycles. The average Bonchev–Trinajstić information content (AvgIpc) is 2.48. The van der Waals surface area contributed by atoms with Crippen molar-refractivity contribution in [3.8, 4) is 11.5 Å². The van der Waals surface area contributed by atoms with Crippen LogP contribution in [0.1, 0.15) is 20.7 Å². The summed E-state index contributed by atoms with van der Waals surface area (Å²) in [7, 11) is 1.41. The minimum atomic E-state index is -1.11. The molecular weight excluding hydrogens is 260 g/mol. The van der Waals surface area contributed by atoms with Gasteiger partial charge in [0, 0.05) is 0 Å². The van der Waals surface area contributed by atoms with E-state index in [4.69, 9.17) is 14.6 Å². The lowest BCUT2D eigenvalue weighted by atomic mass is 10.2. The highest BCUT2D eigenvalue weighted by atomic mass is 16.6. The van der Waals surface area contributed by atoms with E-state index in [0.29, 0.717) is 11.3 Å². The van der Waals surface area contributed by atoms with Crippen molar-refractivity contribution in [2.24, 2.45) is 0 Å². The number of carboxylic acids is 1. The van der Waals surface area contributed by atoms with Crippen molar-refractivity contribution in [1.29, 1.82) is 0 Å². The van der Waals surface area contributed by atoms with E-state index in [0.717, 1.165) is 0 Å². The molecule has 102 valence electrons. The fourth-order valence-electron chi connectivity index (χ4n) is 1.62. The Hall–Kier alpha value is -2.82. The Balaban J connectivity index is 2.30. The number of carbonyl (C=O) groups is 2. The van der Waals surface area contributed by atoms with Crippen molar-refractivity contribution in [3.63, 3.8) is 0 Å². The molecular formula is C15H12O5. The van der Waals surface area contributed by atoms with Gasteiger partial charge in [0.25, 0.3) is 0 Å². The van der Waals surface area contributed by atoms with Gasteiger partial charge in [0.15, 0.2) is 11.5 Å². The minimum absolute atomic E-state index is 0.0154. The number of rotatable bonds is 4. The van der Waals surface area contributed by atoms with Crippen molar-refractivity contribution in [1.82, 2.24) is 0 Å². The molecule has 0 aliphatic rings. The third kappa shape index (κ3) is 2.95. The van der Waals surface area contributed by atoms with Crippen molar-refractivity contribution >= 4 is 11.9 Å². The highest BCUT2D eigenvalue weighted by Gasteiger charge is 2.14. The second-order valence-corrected chi connectivity index (χ2v) is 3.93. The lowest BCUT2D eigenvalue weighted by molar-refractivity contribution is 0.0686. The Kier molecular flexibility index (Phi) is 4.00. The monoisotopic (exact) mass is 272 g/mol. The van der Waals surface area contributed by atoms with Crippen LogP contribution in [0.2, 0.25) is 0 Å². The van der Waals surface area contributed by atoms with Gasteiger partial charge in [-0.1, -0.05) is 18.2 Å². The fraction of sp³-hybridized carbons (Fsp3) is 0.0667. The number of esters is 1. The van der Waals surface area contributed by atoms with E-state index in [9.17, 15) is 9.59 Å². The SMILES string of the molecule is COc1ccc(C(=O)O)cc1OC(=O)c1ccccc1. The molecule has 0 heterocycles. The molecule has 5 nitrogen and oxygen atoms in total. The summed E-state index contributed by atoms with van der Waals surface area (Å²) in [6, 6.07) is 12.5.